The Morgan fingerprint density at radius 2 is 1.71 bits per heavy atom. The summed E-state index contributed by atoms with van der Waals surface area (Å²) in [5, 5.41) is 4.51. The molecule has 6 nitrogen and oxygen atoms in total. The molecule has 8 heteroatoms. The monoisotopic (exact) mass is 494 g/mol. The van der Waals surface area contributed by atoms with Gasteiger partial charge in [-0.3, -0.25) is 4.72 Å². The van der Waals surface area contributed by atoms with Crippen LogP contribution in [0.5, 0.6) is 0 Å². The highest BCUT2D eigenvalue weighted by molar-refractivity contribution is 7.93. The van der Waals surface area contributed by atoms with E-state index in [-0.39, 0.29) is 16.4 Å². The van der Waals surface area contributed by atoms with Crippen molar-refractivity contribution >= 4 is 43.5 Å². The summed E-state index contributed by atoms with van der Waals surface area (Å²) in [6, 6.07) is 18.4. The second-order valence-electron chi connectivity index (χ2n) is 9.32. The van der Waals surface area contributed by atoms with Crippen LogP contribution >= 0.6 is 11.3 Å². The normalized spacial score (nSPS) is 13.1. The number of benzene rings is 3. The summed E-state index contributed by atoms with van der Waals surface area (Å²) in [5.74, 6) is 0.103. The van der Waals surface area contributed by atoms with Crippen LogP contribution < -0.4 is 15.4 Å². The number of sulfonamides is 1. The lowest BCUT2D eigenvalue weighted by atomic mass is 9.91. The van der Waals surface area contributed by atoms with Crippen molar-refractivity contribution in [2.45, 2.75) is 37.1 Å². The molecule has 0 saturated carbocycles. The van der Waals surface area contributed by atoms with Gasteiger partial charge in [0.2, 0.25) is 0 Å². The van der Waals surface area contributed by atoms with Gasteiger partial charge in [0.05, 0.1) is 15.6 Å². The SMILES string of the molecule is CC(c1nc(-c2cccc(NS(=O)(=O)c3cccc4c(N(C)C)cccc34)c2)cs1)C(C)(C)N. The summed E-state index contributed by atoms with van der Waals surface area (Å²) in [4.78, 5) is 6.99. The third kappa shape index (κ3) is 4.80. The number of nitrogens with one attached hydrogen (secondary N) is 1. The van der Waals surface area contributed by atoms with Gasteiger partial charge in [-0.25, -0.2) is 13.4 Å². The molecule has 0 amide bonds. The summed E-state index contributed by atoms with van der Waals surface area (Å²) < 4.78 is 29.5. The Kier molecular flexibility index (Phi) is 6.42. The molecule has 4 aromatic rings. The van der Waals surface area contributed by atoms with Crippen molar-refractivity contribution in [2.24, 2.45) is 5.73 Å². The fourth-order valence-corrected chi connectivity index (χ4v) is 6.13. The van der Waals surface area contributed by atoms with Crippen LogP contribution in [0.3, 0.4) is 0 Å². The molecule has 3 N–H and O–H groups in total. The van der Waals surface area contributed by atoms with Crippen LogP contribution in [0.15, 0.2) is 70.9 Å². The van der Waals surface area contributed by atoms with E-state index in [0.717, 1.165) is 27.3 Å². The zero-order valence-corrected chi connectivity index (χ0v) is 21.7. The predicted octanol–water partition coefficient (Wildman–Crippen LogP) is 5.67. The van der Waals surface area contributed by atoms with E-state index in [4.69, 9.17) is 10.7 Å². The molecule has 0 spiro atoms. The van der Waals surface area contributed by atoms with Gasteiger partial charge >= 0.3 is 0 Å². The average Bonchev–Trinajstić information content (AvgIpc) is 3.27. The van der Waals surface area contributed by atoms with Crippen molar-refractivity contribution < 1.29 is 8.42 Å². The molecule has 1 unspecified atom stereocenters. The number of rotatable bonds is 7. The number of hydrogen-bond acceptors (Lipinski definition) is 6. The Bertz CT molecular complexity index is 1440. The van der Waals surface area contributed by atoms with Crippen LogP contribution in [0.4, 0.5) is 11.4 Å². The number of nitrogens with zero attached hydrogens (tertiary/aromatic N) is 2. The molecule has 0 bridgehead atoms. The van der Waals surface area contributed by atoms with Crippen LogP contribution in [0, 0.1) is 0 Å². The molecule has 0 saturated heterocycles. The van der Waals surface area contributed by atoms with Gasteiger partial charge in [0.25, 0.3) is 10.0 Å². The average molecular weight is 495 g/mol. The van der Waals surface area contributed by atoms with Crippen molar-refractivity contribution in [3.05, 3.63) is 71.1 Å². The van der Waals surface area contributed by atoms with Crippen LogP contribution in [-0.2, 0) is 10.0 Å². The van der Waals surface area contributed by atoms with Gasteiger partial charge in [-0.1, -0.05) is 43.3 Å². The van der Waals surface area contributed by atoms with Crippen molar-refractivity contribution in [3.63, 3.8) is 0 Å². The number of aromatic nitrogens is 1. The Morgan fingerprint density at radius 1 is 1.03 bits per heavy atom. The third-order valence-electron chi connectivity index (χ3n) is 6.05. The third-order valence-corrected chi connectivity index (χ3v) is 8.52. The van der Waals surface area contributed by atoms with E-state index in [1.165, 1.54) is 0 Å². The lowest BCUT2D eigenvalue weighted by Gasteiger charge is -2.25. The number of hydrogen-bond donors (Lipinski definition) is 2. The molecule has 1 atom stereocenters. The van der Waals surface area contributed by atoms with Gasteiger partial charge in [-0.2, -0.15) is 0 Å². The molecule has 178 valence electrons. The smallest absolute Gasteiger partial charge is 0.262 e. The molecule has 4 rings (SSSR count). The maximum Gasteiger partial charge on any atom is 0.262 e. The largest absolute Gasteiger partial charge is 0.377 e. The molecule has 34 heavy (non-hydrogen) atoms. The fourth-order valence-electron chi connectivity index (χ4n) is 3.78. The first-order chi connectivity index (χ1) is 16.0. The summed E-state index contributed by atoms with van der Waals surface area (Å²) in [6.07, 6.45) is 0. The molecule has 1 aromatic heterocycles. The number of nitrogens with two attached hydrogens (primary N) is 1. The lowest BCUT2D eigenvalue weighted by molar-refractivity contribution is 0.434. The van der Waals surface area contributed by atoms with Crippen LogP contribution in [-0.4, -0.2) is 33.0 Å². The minimum atomic E-state index is -3.81. The quantitative estimate of drug-likeness (QED) is 0.346. The molecular weight excluding hydrogens is 464 g/mol. The minimum absolute atomic E-state index is 0.103. The number of anilines is 2. The highest BCUT2D eigenvalue weighted by atomic mass is 32.2. The first-order valence-corrected chi connectivity index (χ1v) is 13.4. The predicted molar refractivity (Wildman–Crippen MR) is 143 cm³/mol. The Balaban J connectivity index is 1.67. The molecule has 1 heterocycles. The summed E-state index contributed by atoms with van der Waals surface area (Å²) in [7, 11) is 0.0748. The van der Waals surface area contributed by atoms with E-state index < -0.39 is 10.0 Å². The minimum Gasteiger partial charge on any atom is -0.377 e. The van der Waals surface area contributed by atoms with Gasteiger partial charge < -0.3 is 10.6 Å². The second kappa shape index (κ2) is 9.02. The number of fused-ring (bicyclic) bond motifs is 1. The first-order valence-electron chi connectivity index (χ1n) is 11.0. The molecule has 3 aromatic carbocycles. The van der Waals surface area contributed by atoms with Gasteiger partial charge in [-0.15, -0.1) is 11.3 Å². The fraction of sp³-hybridized carbons (Fsp3) is 0.269. The zero-order chi connectivity index (χ0) is 24.7. The van der Waals surface area contributed by atoms with Gasteiger partial charge in [0.15, 0.2) is 0 Å². The molecule has 0 radical (unpaired) electrons. The van der Waals surface area contributed by atoms with Crippen molar-refractivity contribution in [1.82, 2.24) is 4.98 Å². The van der Waals surface area contributed by atoms with E-state index in [2.05, 4.69) is 11.6 Å². The van der Waals surface area contributed by atoms with E-state index in [1.807, 2.05) is 80.7 Å². The second-order valence-corrected chi connectivity index (χ2v) is 11.9. The van der Waals surface area contributed by atoms with E-state index >= 15 is 0 Å². The van der Waals surface area contributed by atoms with E-state index in [9.17, 15) is 8.42 Å². The maximum atomic E-state index is 13.4. The van der Waals surface area contributed by atoms with Crippen molar-refractivity contribution in [2.75, 3.05) is 23.7 Å². The van der Waals surface area contributed by atoms with Crippen LogP contribution in [0.2, 0.25) is 0 Å². The van der Waals surface area contributed by atoms with Gasteiger partial charge in [0.1, 0.15) is 0 Å². The standard InChI is InChI=1S/C26H30N4O2S2/c1-17(26(2,3)27)25-28-22(16-33-25)18-9-6-10-19(15-18)29-34(31,32)24-14-8-11-20-21(24)12-7-13-23(20)30(4)5/h6-17,29H,27H2,1-5H3. The molecule has 0 fully saturated rings. The number of thiazole rings is 1. The Labute approximate surface area is 205 Å². The molecule has 0 aliphatic carbocycles. The maximum absolute atomic E-state index is 13.4. The van der Waals surface area contributed by atoms with Gasteiger partial charge in [-0.05, 0) is 38.1 Å². The van der Waals surface area contributed by atoms with Crippen molar-refractivity contribution in [1.29, 1.82) is 0 Å². The zero-order valence-electron chi connectivity index (χ0n) is 20.0. The van der Waals surface area contributed by atoms with Crippen molar-refractivity contribution in [3.8, 4) is 11.3 Å². The molecule has 0 aliphatic heterocycles. The summed E-state index contributed by atoms with van der Waals surface area (Å²) >= 11 is 1.57. The highest BCUT2D eigenvalue weighted by Crippen LogP contribution is 2.34. The van der Waals surface area contributed by atoms with Crippen LogP contribution in [0.25, 0.3) is 22.0 Å². The summed E-state index contributed by atoms with van der Waals surface area (Å²) in [5.41, 5.74) is 8.98. The van der Waals surface area contributed by atoms with E-state index in [1.54, 1.807) is 29.5 Å². The Morgan fingerprint density at radius 3 is 2.41 bits per heavy atom. The Hall–Kier alpha value is -2.94. The van der Waals surface area contributed by atoms with Crippen LogP contribution in [0.1, 0.15) is 31.7 Å². The highest BCUT2D eigenvalue weighted by Gasteiger charge is 2.25. The lowest BCUT2D eigenvalue weighted by Crippen LogP contribution is -2.37. The van der Waals surface area contributed by atoms with Gasteiger partial charge in [0, 0.05) is 58.6 Å². The first kappa shape index (κ1) is 24.2. The molecule has 0 aliphatic rings. The molecular formula is C26H30N4O2S2. The topological polar surface area (TPSA) is 88.3 Å². The van der Waals surface area contributed by atoms with E-state index in [0.29, 0.717) is 11.1 Å². The summed E-state index contributed by atoms with van der Waals surface area (Å²) in [6.45, 7) is 6.05.